The molecule has 3 heteroatoms. The second kappa shape index (κ2) is 5.09. The zero-order chi connectivity index (χ0) is 14.1. The topological polar surface area (TPSA) is 37.9 Å². The van der Waals surface area contributed by atoms with Crippen molar-refractivity contribution in [2.45, 2.75) is 12.8 Å². The van der Waals surface area contributed by atoms with Gasteiger partial charge < -0.3 is 4.74 Å². The molecule has 4 rings (SSSR count). The lowest BCUT2D eigenvalue weighted by atomic mass is 9.97. The Kier molecular flexibility index (Phi) is 2.96. The van der Waals surface area contributed by atoms with Crippen molar-refractivity contribution in [2.24, 2.45) is 0 Å². The van der Waals surface area contributed by atoms with Crippen LogP contribution in [0.2, 0.25) is 0 Å². The number of benzene rings is 2. The average molecular weight is 276 g/mol. The second-order valence-corrected chi connectivity index (χ2v) is 5.34. The van der Waals surface area contributed by atoms with E-state index in [-0.39, 0.29) is 0 Å². The Morgan fingerprint density at radius 1 is 0.905 bits per heavy atom. The number of fused-ring (bicyclic) bond motifs is 1. The number of rotatable bonds is 2. The van der Waals surface area contributed by atoms with E-state index in [2.05, 4.69) is 52.7 Å². The van der Waals surface area contributed by atoms with E-state index in [0.29, 0.717) is 0 Å². The molecule has 0 saturated heterocycles. The highest BCUT2D eigenvalue weighted by atomic mass is 16.5. The molecular formula is C18H16N2O. The number of aromatic nitrogens is 2. The van der Waals surface area contributed by atoms with Gasteiger partial charge in [0.2, 0.25) is 0 Å². The molecule has 0 atom stereocenters. The lowest BCUT2D eigenvalue weighted by Crippen LogP contribution is -2.07. The van der Waals surface area contributed by atoms with Crippen molar-refractivity contribution in [3.8, 4) is 28.0 Å². The maximum absolute atomic E-state index is 5.67. The molecule has 3 aromatic rings. The molecule has 0 saturated carbocycles. The van der Waals surface area contributed by atoms with Crippen molar-refractivity contribution in [1.29, 1.82) is 0 Å². The molecule has 0 fully saturated rings. The van der Waals surface area contributed by atoms with Crippen molar-refractivity contribution in [3.63, 3.8) is 0 Å². The van der Waals surface area contributed by atoms with E-state index in [4.69, 9.17) is 4.74 Å². The minimum Gasteiger partial charge on any atom is -0.493 e. The van der Waals surface area contributed by atoms with Crippen molar-refractivity contribution >= 4 is 0 Å². The number of aromatic amines is 1. The zero-order valence-electron chi connectivity index (χ0n) is 11.7. The molecule has 21 heavy (non-hydrogen) atoms. The molecule has 1 aromatic heterocycles. The maximum Gasteiger partial charge on any atom is 0.122 e. The summed E-state index contributed by atoms with van der Waals surface area (Å²) >= 11 is 0. The fourth-order valence-electron chi connectivity index (χ4n) is 2.80. The van der Waals surface area contributed by atoms with Gasteiger partial charge in [0.15, 0.2) is 0 Å². The van der Waals surface area contributed by atoms with Crippen LogP contribution in [0.25, 0.3) is 22.3 Å². The van der Waals surface area contributed by atoms with Gasteiger partial charge in [0, 0.05) is 11.8 Å². The lowest BCUT2D eigenvalue weighted by molar-refractivity contribution is 0.288. The van der Waals surface area contributed by atoms with E-state index in [1.165, 1.54) is 22.3 Å². The van der Waals surface area contributed by atoms with Crippen LogP contribution in [0.3, 0.4) is 0 Å². The molecule has 0 aliphatic carbocycles. The lowest BCUT2D eigenvalue weighted by Gasteiger charge is -2.18. The van der Waals surface area contributed by atoms with Crippen LogP contribution in [-0.4, -0.2) is 16.8 Å². The van der Waals surface area contributed by atoms with Crippen molar-refractivity contribution < 1.29 is 4.74 Å². The summed E-state index contributed by atoms with van der Waals surface area (Å²) in [5, 5.41) is 6.83. The summed E-state index contributed by atoms with van der Waals surface area (Å²) in [4.78, 5) is 0. The van der Waals surface area contributed by atoms with Gasteiger partial charge >= 0.3 is 0 Å². The first-order valence-corrected chi connectivity index (χ1v) is 7.25. The summed E-state index contributed by atoms with van der Waals surface area (Å²) in [5.74, 6) is 1.04. The summed E-state index contributed by atoms with van der Waals surface area (Å²) in [7, 11) is 0. The number of ether oxygens (including phenoxy) is 1. The molecule has 1 N–H and O–H groups in total. The Bertz CT molecular complexity index is 745. The van der Waals surface area contributed by atoms with Crippen LogP contribution < -0.4 is 4.74 Å². The highest BCUT2D eigenvalue weighted by Gasteiger charge is 2.11. The third-order valence-electron chi connectivity index (χ3n) is 3.96. The molecule has 3 nitrogen and oxygen atoms in total. The van der Waals surface area contributed by atoms with Crippen molar-refractivity contribution in [1.82, 2.24) is 10.2 Å². The Hall–Kier alpha value is -2.55. The minimum atomic E-state index is 0.839. The van der Waals surface area contributed by atoms with Gasteiger partial charge in [0.05, 0.1) is 12.8 Å². The predicted molar refractivity (Wildman–Crippen MR) is 83.3 cm³/mol. The summed E-state index contributed by atoms with van der Waals surface area (Å²) < 4.78 is 5.67. The second-order valence-electron chi connectivity index (χ2n) is 5.34. The molecule has 0 spiro atoms. The number of nitrogens with one attached hydrogen (secondary N) is 1. The normalized spacial score (nSPS) is 13.5. The van der Waals surface area contributed by atoms with Crippen LogP contribution >= 0.6 is 0 Å². The fourth-order valence-corrected chi connectivity index (χ4v) is 2.80. The van der Waals surface area contributed by atoms with E-state index in [9.17, 15) is 0 Å². The first-order valence-electron chi connectivity index (χ1n) is 7.25. The predicted octanol–water partition coefficient (Wildman–Crippen LogP) is 4.07. The van der Waals surface area contributed by atoms with Crippen LogP contribution in [-0.2, 0) is 6.42 Å². The number of hydrogen-bond acceptors (Lipinski definition) is 2. The van der Waals surface area contributed by atoms with Crippen molar-refractivity contribution in [3.05, 3.63) is 60.4 Å². The van der Waals surface area contributed by atoms with Crippen LogP contribution in [0.15, 0.2) is 54.9 Å². The average Bonchev–Trinajstić information content (AvgIpc) is 3.09. The molecule has 0 bridgehead atoms. The van der Waals surface area contributed by atoms with Gasteiger partial charge in [-0.15, -0.1) is 0 Å². The van der Waals surface area contributed by atoms with Gasteiger partial charge in [-0.2, -0.15) is 5.10 Å². The quantitative estimate of drug-likeness (QED) is 0.766. The molecule has 0 radical (unpaired) electrons. The van der Waals surface area contributed by atoms with E-state index in [0.717, 1.165) is 30.8 Å². The summed E-state index contributed by atoms with van der Waals surface area (Å²) in [6, 6.07) is 15.1. The van der Waals surface area contributed by atoms with E-state index >= 15 is 0 Å². The number of hydrogen-bond donors (Lipinski definition) is 1. The van der Waals surface area contributed by atoms with Gasteiger partial charge in [-0.25, -0.2) is 0 Å². The third kappa shape index (κ3) is 2.31. The van der Waals surface area contributed by atoms with Crippen LogP contribution in [0.5, 0.6) is 5.75 Å². The molecule has 104 valence electrons. The number of aryl methyl sites for hydroxylation is 1. The Balaban J connectivity index is 1.67. The highest BCUT2D eigenvalue weighted by Crippen LogP contribution is 2.31. The smallest absolute Gasteiger partial charge is 0.122 e. The molecule has 1 aliphatic rings. The first kappa shape index (κ1) is 12.2. The van der Waals surface area contributed by atoms with Gasteiger partial charge in [-0.05, 0) is 47.2 Å². The number of H-pyrrole nitrogens is 1. The van der Waals surface area contributed by atoms with Gasteiger partial charge in [-0.1, -0.05) is 30.3 Å². The highest BCUT2D eigenvalue weighted by molar-refractivity contribution is 5.70. The Labute approximate surface area is 123 Å². The van der Waals surface area contributed by atoms with Crippen LogP contribution in [0.4, 0.5) is 0 Å². The molecular weight excluding hydrogens is 260 g/mol. The summed E-state index contributed by atoms with van der Waals surface area (Å²) in [6.07, 6.45) is 5.96. The monoisotopic (exact) mass is 276 g/mol. The third-order valence-corrected chi connectivity index (χ3v) is 3.96. The standard InChI is InChI=1S/C18H16N2O/c1-2-16-10-15(7-8-18(16)21-9-1)13-3-5-14(6-4-13)17-11-19-20-12-17/h3-8,10-12H,1-2,9H2,(H,19,20). The van der Waals surface area contributed by atoms with Gasteiger partial charge in [0.25, 0.3) is 0 Å². The molecule has 0 amide bonds. The van der Waals surface area contributed by atoms with E-state index < -0.39 is 0 Å². The van der Waals surface area contributed by atoms with E-state index in [1.54, 1.807) is 0 Å². The summed E-state index contributed by atoms with van der Waals surface area (Å²) in [6.45, 7) is 0.839. The van der Waals surface area contributed by atoms with E-state index in [1.807, 2.05) is 12.4 Å². The SMILES string of the molecule is c1cc(-c2ccc3c(c2)CCCO3)ccc1-c1cn[nH]c1. The Morgan fingerprint density at radius 3 is 2.43 bits per heavy atom. The number of nitrogens with zero attached hydrogens (tertiary/aromatic N) is 1. The minimum absolute atomic E-state index is 0.839. The fraction of sp³-hybridized carbons (Fsp3) is 0.167. The zero-order valence-corrected chi connectivity index (χ0v) is 11.7. The largest absolute Gasteiger partial charge is 0.493 e. The molecule has 0 unspecified atom stereocenters. The first-order chi connectivity index (χ1) is 10.4. The Morgan fingerprint density at radius 2 is 1.67 bits per heavy atom. The van der Waals surface area contributed by atoms with Crippen LogP contribution in [0, 0.1) is 0 Å². The maximum atomic E-state index is 5.67. The molecule has 2 aromatic carbocycles. The summed E-state index contributed by atoms with van der Waals surface area (Å²) in [5.41, 5.74) is 6.08. The van der Waals surface area contributed by atoms with Gasteiger partial charge in [-0.3, -0.25) is 5.10 Å². The van der Waals surface area contributed by atoms with Gasteiger partial charge in [0.1, 0.15) is 5.75 Å². The molecule has 2 heterocycles. The molecule has 1 aliphatic heterocycles. The van der Waals surface area contributed by atoms with Crippen LogP contribution in [0.1, 0.15) is 12.0 Å². The van der Waals surface area contributed by atoms with Crippen molar-refractivity contribution in [2.75, 3.05) is 6.61 Å².